The first-order valence-corrected chi connectivity index (χ1v) is 10.9. The normalized spacial score (nSPS) is 15.6. The Morgan fingerprint density at radius 1 is 1.21 bits per heavy atom. The van der Waals surface area contributed by atoms with Gasteiger partial charge in [0.05, 0.1) is 17.2 Å². The summed E-state index contributed by atoms with van der Waals surface area (Å²) in [4.78, 5) is 21.5. The Bertz CT molecular complexity index is 777. The number of benzene rings is 1. The molecule has 0 spiro atoms. The lowest BCUT2D eigenvalue weighted by atomic mass is 9.95. The van der Waals surface area contributed by atoms with Crippen molar-refractivity contribution in [2.24, 2.45) is 5.92 Å². The van der Waals surface area contributed by atoms with Crippen molar-refractivity contribution in [3.8, 4) is 5.75 Å². The fraction of sp³-hybridized carbons (Fsp3) is 0.545. The average Bonchev–Trinajstić information content (AvgIpc) is 3.05. The summed E-state index contributed by atoms with van der Waals surface area (Å²) in [5.41, 5.74) is 3.53. The van der Waals surface area contributed by atoms with Crippen LogP contribution in [0, 0.1) is 26.7 Å². The van der Waals surface area contributed by atoms with Crippen LogP contribution in [-0.2, 0) is 11.3 Å². The molecule has 0 radical (unpaired) electrons. The summed E-state index contributed by atoms with van der Waals surface area (Å²) in [6.45, 7) is 10.1. The van der Waals surface area contributed by atoms with Crippen molar-refractivity contribution in [2.45, 2.75) is 40.2 Å². The van der Waals surface area contributed by atoms with Gasteiger partial charge in [0.2, 0.25) is 5.91 Å². The van der Waals surface area contributed by atoms with Crippen LogP contribution >= 0.6 is 11.3 Å². The number of hydrogen-bond acceptors (Lipinski definition) is 5. The number of likely N-dealkylation sites (N-methyl/N-ethyl adjacent to an activating group) is 1. The summed E-state index contributed by atoms with van der Waals surface area (Å²) in [5, 5.41) is 3.25. The average molecular weight is 402 g/mol. The van der Waals surface area contributed by atoms with E-state index in [2.05, 4.69) is 35.2 Å². The Morgan fingerprint density at radius 2 is 1.89 bits per heavy atom. The molecule has 1 aliphatic heterocycles. The molecule has 28 heavy (non-hydrogen) atoms. The molecule has 152 valence electrons. The molecule has 6 heteroatoms. The molecule has 0 aliphatic carbocycles. The lowest BCUT2D eigenvalue weighted by Crippen LogP contribution is -2.42. The molecule has 0 saturated carbocycles. The molecule has 0 atom stereocenters. The maximum absolute atomic E-state index is 12.8. The smallest absolute Gasteiger partial charge is 0.225 e. The number of aryl methyl sites for hydroxylation is 3. The topological polar surface area (TPSA) is 45.7 Å². The maximum Gasteiger partial charge on any atom is 0.225 e. The summed E-state index contributed by atoms with van der Waals surface area (Å²) >= 11 is 1.70. The highest BCUT2D eigenvalue weighted by Gasteiger charge is 2.27. The fourth-order valence-corrected chi connectivity index (χ4v) is 4.39. The second kappa shape index (κ2) is 9.52. The molecule has 5 nitrogen and oxygen atoms in total. The number of carbonyl (C=O) groups excluding carboxylic acids is 1. The largest absolute Gasteiger partial charge is 0.492 e. The molecule has 3 rings (SSSR count). The number of piperidine rings is 1. The van der Waals surface area contributed by atoms with Gasteiger partial charge in [-0.25, -0.2) is 4.98 Å². The van der Waals surface area contributed by atoms with Gasteiger partial charge >= 0.3 is 0 Å². The lowest BCUT2D eigenvalue weighted by molar-refractivity contribution is -0.136. The Labute approximate surface area is 172 Å². The third-order valence-corrected chi connectivity index (χ3v) is 6.08. The zero-order valence-corrected chi connectivity index (χ0v) is 18.2. The Hall–Kier alpha value is -1.92. The third kappa shape index (κ3) is 5.79. The predicted octanol–water partition coefficient (Wildman–Crippen LogP) is 3.82. The highest BCUT2D eigenvalue weighted by molar-refractivity contribution is 7.09. The van der Waals surface area contributed by atoms with E-state index in [-0.39, 0.29) is 11.8 Å². The van der Waals surface area contributed by atoms with Crippen LogP contribution in [0.1, 0.15) is 34.7 Å². The molecule has 1 aromatic heterocycles. The summed E-state index contributed by atoms with van der Waals surface area (Å²) in [5.74, 6) is 1.25. The van der Waals surface area contributed by atoms with Crippen molar-refractivity contribution < 1.29 is 9.53 Å². The van der Waals surface area contributed by atoms with Crippen LogP contribution in [0.4, 0.5) is 0 Å². The highest BCUT2D eigenvalue weighted by Crippen LogP contribution is 2.21. The van der Waals surface area contributed by atoms with Gasteiger partial charge in [-0.2, -0.15) is 0 Å². The Kier molecular flexibility index (Phi) is 7.08. The molecule has 0 unspecified atom stereocenters. The van der Waals surface area contributed by atoms with Gasteiger partial charge in [-0.05, 0) is 70.0 Å². The van der Waals surface area contributed by atoms with Crippen LogP contribution in [0.5, 0.6) is 5.75 Å². The van der Waals surface area contributed by atoms with E-state index >= 15 is 0 Å². The number of carbonyl (C=O) groups is 1. The van der Waals surface area contributed by atoms with E-state index in [9.17, 15) is 4.79 Å². The number of nitrogens with zero attached hydrogens (tertiary/aromatic N) is 3. The number of likely N-dealkylation sites (tertiary alicyclic amines) is 1. The maximum atomic E-state index is 12.8. The van der Waals surface area contributed by atoms with Crippen molar-refractivity contribution in [1.82, 2.24) is 14.8 Å². The monoisotopic (exact) mass is 401 g/mol. The Balaban J connectivity index is 1.40. The lowest BCUT2D eigenvalue weighted by Gasteiger charge is -2.32. The minimum atomic E-state index is 0.125. The molecule has 0 N–H and O–H groups in total. The van der Waals surface area contributed by atoms with Gasteiger partial charge in [0.15, 0.2) is 0 Å². The molecular formula is C22H31N3O2S. The molecule has 2 heterocycles. The van der Waals surface area contributed by atoms with Crippen molar-refractivity contribution in [2.75, 3.05) is 33.3 Å². The second-order valence-corrected chi connectivity index (χ2v) is 8.90. The van der Waals surface area contributed by atoms with E-state index < -0.39 is 0 Å². The quantitative estimate of drug-likeness (QED) is 0.708. The van der Waals surface area contributed by atoms with Crippen molar-refractivity contribution >= 4 is 17.2 Å². The number of thiazole rings is 1. The summed E-state index contributed by atoms with van der Waals surface area (Å²) in [6, 6.07) is 6.20. The predicted molar refractivity (Wildman–Crippen MR) is 114 cm³/mol. The SMILES string of the molecule is Cc1cc(C)cc(OCCN(C)C(=O)C2CCN(Cc3csc(C)n3)CC2)c1. The van der Waals surface area contributed by atoms with Crippen LogP contribution in [0.3, 0.4) is 0 Å². The van der Waals surface area contributed by atoms with E-state index in [1.807, 2.05) is 31.0 Å². The van der Waals surface area contributed by atoms with Crippen LogP contribution in [0.25, 0.3) is 0 Å². The zero-order valence-electron chi connectivity index (χ0n) is 17.4. The van der Waals surface area contributed by atoms with Crippen molar-refractivity contribution in [1.29, 1.82) is 0 Å². The number of amides is 1. The van der Waals surface area contributed by atoms with E-state index in [0.717, 1.165) is 48.9 Å². The zero-order chi connectivity index (χ0) is 20.1. The highest BCUT2D eigenvalue weighted by atomic mass is 32.1. The molecule has 1 aliphatic rings. The third-order valence-electron chi connectivity index (χ3n) is 5.26. The van der Waals surface area contributed by atoms with Gasteiger partial charge in [-0.3, -0.25) is 9.69 Å². The van der Waals surface area contributed by atoms with Gasteiger partial charge in [-0.1, -0.05) is 6.07 Å². The van der Waals surface area contributed by atoms with E-state index in [1.165, 1.54) is 11.1 Å². The molecule has 1 saturated heterocycles. The van der Waals surface area contributed by atoms with Gasteiger partial charge in [-0.15, -0.1) is 11.3 Å². The number of ether oxygens (including phenoxy) is 1. The molecule has 2 aromatic rings. The number of hydrogen-bond donors (Lipinski definition) is 0. The molecular weight excluding hydrogens is 370 g/mol. The summed E-state index contributed by atoms with van der Waals surface area (Å²) in [6.07, 6.45) is 1.84. The minimum absolute atomic E-state index is 0.125. The standard InChI is InChI=1S/C22H31N3O2S/c1-16-11-17(2)13-21(12-16)27-10-9-24(4)22(26)19-5-7-25(8-6-19)14-20-15-28-18(3)23-20/h11-13,15,19H,5-10,14H2,1-4H3. The van der Waals surface area contributed by atoms with Gasteiger partial charge in [0.25, 0.3) is 0 Å². The van der Waals surface area contributed by atoms with Gasteiger partial charge in [0.1, 0.15) is 12.4 Å². The fourth-order valence-electron chi connectivity index (χ4n) is 3.79. The van der Waals surface area contributed by atoms with Crippen LogP contribution in [0.15, 0.2) is 23.6 Å². The first-order valence-electron chi connectivity index (χ1n) is 10.00. The number of rotatable bonds is 7. The van der Waals surface area contributed by atoms with Gasteiger partial charge < -0.3 is 9.64 Å². The number of aromatic nitrogens is 1. The van der Waals surface area contributed by atoms with Crippen LogP contribution in [0.2, 0.25) is 0 Å². The first kappa shape index (κ1) is 20.8. The molecule has 0 bridgehead atoms. The van der Waals surface area contributed by atoms with Crippen molar-refractivity contribution in [3.05, 3.63) is 45.4 Å². The Morgan fingerprint density at radius 3 is 2.50 bits per heavy atom. The van der Waals surface area contributed by atoms with E-state index in [1.54, 1.807) is 11.3 Å². The summed E-state index contributed by atoms with van der Waals surface area (Å²) in [7, 11) is 1.89. The van der Waals surface area contributed by atoms with Crippen LogP contribution < -0.4 is 4.74 Å². The van der Waals surface area contributed by atoms with Crippen molar-refractivity contribution in [3.63, 3.8) is 0 Å². The molecule has 1 amide bonds. The van der Waals surface area contributed by atoms with E-state index in [4.69, 9.17) is 4.74 Å². The summed E-state index contributed by atoms with van der Waals surface area (Å²) < 4.78 is 5.85. The van der Waals surface area contributed by atoms with Gasteiger partial charge in [0, 0.05) is 24.9 Å². The molecule has 1 fully saturated rings. The molecule has 1 aromatic carbocycles. The van der Waals surface area contributed by atoms with E-state index in [0.29, 0.717) is 13.2 Å². The first-order chi connectivity index (χ1) is 13.4. The minimum Gasteiger partial charge on any atom is -0.492 e. The van der Waals surface area contributed by atoms with Crippen LogP contribution in [-0.4, -0.2) is 54.0 Å². The second-order valence-electron chi connectivity index (χ2n) is 7.84.